The van der Waals surface area contributed by atoms with E-state index in [1.54, 1.807) is 0 Å². The maximum atomic E-state index is 10.4. The van der Waals surface area contributed by atoms with Crippen molar-refractivity contribution in [2.75, 3.05) is 6.61 Å². The first-order chi connectivity index (χ1) is 5.49. The molecular formula is C5H7NO6. The molecule has 0 aromatic carbocycles. The van der Waals surface area contributed by atoms with Crippen molar-refractivity contribution in [2.24, 2.45) is 5.73 Å². The molecule has 1 atom stereocenters. The Bertz CT molecular complexity index is 210. The Balaban J connectivity index is 2.76. The Morgan fingerprint density at radius 1 is 1.42 bits per heavy atom. The van der Waals surface area contributed by atoms with Gasteiger partial charge in [-0.3, -0.25) is 0 Å². The molecule has 1 fully saturated rings. The Labute approximate surface area is 66.7 Å². The van der Waals surface area contributed by atoms with Crippen molar-refractivity contribution in [2.45, 2.75) is 12.0 Å². The summed E-state index contributed by atoms with van der Waals surface area (Å²) in [4.78, 5) is 20.8. The Morgan fingerprint density at radius 2 is 1.83 bits per heavy atom. The van der Waals surface area contributed by atoms with Gasteiger partial charge in [-0.1, -0.05) is 0 Å². The summed E-state index contributed by atoms with van der Waals surface area (Å²) in [5.41, 5.74) is 5.08. The van der Waals surface area contributed by atoms with Crippen LogP contribution in [0.2, 0.25) is 0 Å². The van der Waals surface area contributed by atoms with Crippen LogP contribution in [-0.4, -0.2) is 40.8 Å². The smallest absolute Gasteiger partial charge is 0.394 e. The number of hydrogen-bond acceptors (Lipinski definition) is 7. The molecule has 1 aliphatic heterocycles. The second kappa shape index (κ2) is 2.70. The van der Waals surface area contributed by atoms with Crippen molar-refractivity contribution in [3.8, 4) is 0 Å². The average Bonchev–Trinajstić information content (AvgIpc) is 2.26. The Morgan fingerprint density at radius 3 is 2.17 bits per heavy atom. The Kier molecular flexibility index (Phi) is 2.01. The lowest BCUT2D eigenvalue weighted by Crippen LogP contribution is -2.51. The largest absolute Gasteiger partial charge is 0.422 e. The number of carbonyl (C=O) groups excluding carboxylic acids is 2. The molecule has 12 heavy (non-hydrogen) atoms. The molecule has 1 saturated heterocycles. The van der Waals surface area contributed by atoms with E-state index in [4.69, 9.17) is 15.9 Å². The van der Waals surface area contributed by atoms with Gasteiger partial charge in [-0.15, -0.1) is 0 Å². The van der Waals surface area contributed by atoms with Crippen LogP contribution >= 0.6 is 0 Å². The van der Waals surface area contributed by atoms with Crippen LogP contribution in [-0.2, 0) is 19.1 Å². The molecule has 1 rings (SSSR count). The molecule has 1 unspecified atom stereocenters. The van der Waals surface area contributed by atoms with Crippen molar-refractivity contribution < 1.29 is 29.3 Å². The van der Waals surface area contributed by atoms with Crippen LogP contribution in [0.5, 0.6) is 0 Å². The zero-order valence-electron chi connectivity index (χ0n) is 5.89. The van der Waals surface area contributed by atoms with Crippen molar-refractivity contribution in [3.63, 3.8) is 0 Å². The summed E-state index contributed by atoms with van der Waals surface area (Å²) in [6, 6.07) is -1.37. The van der Waals surface area contributed by atoms with Gasteiger partial charge in [0.15, 0.2) is 0 Å². The highest BCUT2D eigenvalue weighted by Crippen LogP contribution is 2.20. The van der Waals surface area contributed by atoms with Crippen LogP contribution in [0.4, 0.5) is 0 Å². The van der Waals surface area contributed by atoms with Crippen molar-refractivity contribution in [1.29, 1.82) is 0 Å². The topological polar surface area (TPSA) is 119 Å². The molecule has 0 radical (unpaired) electrons. The number of cyclic esters (lactones) is 2. The number of aliphatic hydroxyl groups is 2. The third kappa shape index (κ3) is 1.24. The third-order valence-electron chi connectivity index (χ3n) is 1.31. The molecule has 0 spiro atoms. The molecule has 0 bridgehead atoms. The van der Waals surface area contributed by atoms with E-state index in [2.05, 4.69) is 9.47 Å². The van der Waals surface area contributed by atoms with Crippen molar-refractivity contribution in [3.05, 3.63) is 0 Å². The van der Waals surface area contributed by atoms with Crippen LogP contribution in [0.25, 0.3) is 0 Å². The summed E-state index contributed by atoms with van der Waals surface area (Å²) in [6.45, 7) is -0.683. The highest BCUT2D eigenvalue weighted by Gasteiger charge is 2.51. The number of esters is 2. The molecule has 0 aromatic heterocycles. The number of nitrogens with two attached hydrogens (primary N) is 1. The fourth-order valence-corrected chi connectivity index (χ4v) is 0.637. The molecule has 0 aliphatic carbocycles. The van der Waals surface area contributed by atoms with E-state index in [9.17, 15) is 9.59 Å². The maximum absolute atomic E-state index is 10.4. The molecule has 68 valence electrons. The first-order valence-electron chi connectivity index (χ1n) is 3.04. The number of rotatable bonds is 2. The SMILES string of the molecule is NC(CO)C1(O)OC(=O)C(=O)O1. The molecule has 1 heterocycles. The quantitative estimate of drug-likeness (QED) is 0.304. The van der Waals surface area contributed by atoms with E-state index in [0.717, 1.165) is 0 Å². The predicted molar refractivity (Wildman–Crippen MR) is 32.2 cm³/mol. The molecule has 7 heteroatoms. The fourth-order valence-electron chi connectivity index (χ4n) is 0.637. The molecule has 7 nitrogen and oxygen atoms in total. The zero-order valence-corrected chi connectivity index (χ0v) is 5.89. The summed E-state index contributed by atoms with van der Waals surface area (Å²) in [6.07, 6.45) is 0. The number of ether oxygens (including phenoxy) is 2. The van der Waals surface area contributed by atoms with Crippen molar-refractivity contribution >= 4 is 11.9 Å². The molecular weight excluding hydrogens is 170 g/mol. The van der Waals surface area contributed by atoms with Crippen LogP contribution in [0.15, 0.2) is 0 Å². The van der Waals surface area contributed by atoms with Crippen molar-refractivity contribution in [1.82, 2.24) is 0 Å². The zero-order chi connectivity index (χ0) is 9.35. The Hall–Kier alpha value is -1.18. The standard InChI is InChI=1S/C5H7NO6/c6-2(1-7)5(10)11-3(8)4(9)12-5/h2,7,10H,1,6H2. The molecule has 4 N–H and O–H groups in total. The van der Waals surface area contributed by atoms with E-state index in [1.165, 1.54) is 0 Å². The minimum absolute atomic E-state index is 0.683. The predicted octanol–water partition coefficient (Wildman–Crippen LogP) is -2.95. The maximum Gasteiger partial charge on any atom is 0.422 e. The van der Waals surface area contributed by atoms with Gasteiger partial charge in [0, 0.05) is 0 Å². The van der Waals surface area contributed by atoms with Gasteiger partial charge < -0.3 is 25.4 Å². The van der Waals surface area contributed by atoms with Crippen LogP contribution in [0.1, 0.15) is 0 Å². The van der Waals surface area contributed by atoms with E-state index in [-0.39, 0.29) is 0 Å². The first-order valence-corrected chi connectivity index (χ1v) is 3.04. The van der Waals surface area contributed by atoms with Gasteiger partial charge >= 0.3 is 17.9 Å². The van der Waals surface area contributed by atoms with Gasteiger partial charge in [-0.05, 0) is 0 Å². The lowest BCUT2D eigenvalue weighted by Gasteiger charge is -2.22. The number of aliphatic hydroxyl groups excluding tert-OH is 1. The van der Waals surface area contributed by atoms with E-state index < -0.39 is 30.6 Å². The van der Waals surface area contributed by atoms with E-state index in [0.29, 0.717) is 0 Å². The van der Waals surface area contributed by atoms with Crippen LogP contribution in [0.3, 0.4) is 0 Å². The molecule has 0 amide bonds. The van der Waals surface area contributed by atoms with Gasteiger partial charge in [0.05, 0.1) is 6.61 Å². The van der Waals surface area contributed by atoms with Crippen LogP contribution in [0, 0.1) is 0 Å². The van der Waals surface area contributed by atoms with Gasteiger partial charge in [0.2, 0.25) is 0 Å². The van der Waals surface area contributed by atoms with E-state index >= 15 is 0 Å². The molecule has 1 aliphatic rings. The lowest BCUT2D eigenvalue weighted by atomic mass is 10.3. The van der Waals surface area contributed by atoms with Gasteiger partial charge in [0.1, 0.15) is 6.04 Å². The van der Waals surface area contributed by atoms with Gasteiger partial charge in [-0.2, -0.15) is 0 Å². The number of carbonyl (C=O) groups is 2. The summed E-state index contributed by atoms with van der Waals surface area (Å²) < 4.78 is 8.15. The summed E-state index contributed by atoms with van der Waals surface area (Å²) >= 11 is 0. The minimum atomic E-state index is -2.52. The van der Waals surface area contributed by atoms with Gasteiger partial charge in [0.25, 0.3) is 0 Å². The van der Waals surface area contributed by atoms with Crippen LogP contribution < -0.4 is 5.73 Å². The van der Waals surface area contributed by atoms with Gasteiger partial charge in [-0.25, -0.2) is 9.59 Å². The normalized spacial score (nSPS) is 23.2. The summed E-state index contributed by atoms with van der Waals surface area (Å²) in [5, 5.41) is 17.6. The minimum Gasteiger partial charge on any atom is -0.394 e. The highest BCUT2D eigenvalue weighted by atomic mass is 16.9. The number of hydrogen-bond donors (Lipinski definition) is 3. The monoisotopic (exact) mass is 177 g/mol. The fraction of sp³-hybridized carbons (Fsp3) is 0.600. The second-order valence-electron chi connectivity index (χ2n) is 2.20. The second-order valence-corrected chi connectivity index (χ2v) is 2.20. The summed E-state index contributed by atoms with van der Waals surface area (Å²) in [5.74, 6) is -5.19. The molecule has 0 saturated carbocycles. The molecule has 0 aromatic rings. The lowest BCUT2D eigenvalue weighted by molar-refractivity contribution is -0.305. The highest BCUT2D eigenvalue weighted by molar-refractivity contribution is 6.31. The first kappa shape index (κ1) is 8.91. The van der Waals surface area contributed by atoms with E-state index in [1.807, 2.05) is 0 Å². The average molecular weight is 177 g/mol. The third-order valence-corrected chi connectivity index (χ3v) is 1.31. The summed E-state index contributed by atoms with van der Waals surface area (Å²) in [7, 11) is 0.